The van der Waals surface area contributed by atoms with Crippen LogP contribution in [0.1, 0.15) is 28.4 Å². The number of hydrogen-bond donors (Lipinski definition) is 3. The summed E-state index contributed by atoms with van der Waals surface area (Å²) in [6, 6.07) is 11.9. The molecule has 0 aliphatic carbocycles. The van der Waals surface area contributed by atoms with Gasteiger partial charge in [-0.05, 0) is 36.4 Å². The minimum Gasteiger partial charge on any atom is -0.398 e. The van der Waals surface area contributed by atoms with Gasteiger partial charge in [-0.25, -0.2) is 8.78 Å². The summed E-state index contributed by atoms with van der Waals surface area (Å²) in [7, 11) is 0. The maximum atomic E-state index is 12.8. The lowest BCUT2D eigenvalue weighted by atomic mass is 10.0. The molecule has 0 saturated heterocycles. The number of primary amides is 1. The molecule has 5 nitrogen and oxygen atoms in total. The average Bonchev–Trinajstić information content (AvgIpc) is 2.64. The van der Waals surface area contributed by atoms with Crippen molar-refractivity contribution in [2.45, 2.75) is 19.4 Å². The molecule has 0 fully saturated rings. The number of para-hydroxylation sites is 1. The second-order valence-electron chi connectivity index (χ2n) is 5.96. The van der Waals surface area contributed by atoms with Crippen LogP contribution in [0.4, 0.5) is 14.5 Å². The van der Waals surface area contributed by atoms with Gasteiger partial charge in [-0.1, -0.05) is 30.9 Å². The molecule has 2 aromatic carbocycles. The zero-order chi connectivity index (χ0) is 20.0. The zero-order valence-corrected chi connectivity index (χ0v) is 14.6. The first-order valence-corrected chi connectivity index (χ1v) is 8.14. The average molecular weight is 371 g/mol. The molecule has 2 unspecified atom stereocenters. The van der Waals surface area contributed by atoms with E-state index >= 15 is 0 Å². The predicted octanol–water partition coefficient (Wildman–Crippen LogP) is 2.15. The fourth-order valence-corrected chi connectivity index (χ4v) is 2.29. The van der Waals surface area contributed by atoms with E-state index < -0.39 is 30.2 Å². The highest BCUT2D eigenvalue weighted by Gasteiger charge is 2.31. The van der Waals surface area contributed by atoms with Gasteiger partial charge < -0.3 is 16.8 Å². The Hall–Kier alpha value is -3.40. The lowest BCUT2D eigenvalue weighted by Gasteiger charge is -2.21. The zero-order valence-electron chi connectivity index (χ0n) is 14.6. The first-order chi connectivity index (χ1) is 12.8. The largest absolute Gasteiger partial charge is 0.398 e. The number of alkyl halides is 2. The molecule has 0 radical (unpaired) electrons. The van der Waals surface area contributed by atoms with Crippen LogP contribution in [-0.2, 0) is 4.79 Å². The fraction of sp³-hybridized carbons (Fsp3) is 0.200. The number of carbonyl (C=O) groups is 2. The van der Waals surface area contributed by atoms with Gasteiger partial charge in [0.2, 0.25) is 12.3 Å². The van der Waals surface area contributed by atoms with Gasteiger partial charge in [0.25, 0.3) is 5.91 Å². The summed E-state index contributed by atoms with van der Waals surface area (Å²) in [6.07, 6.45) is -2.79. The number of nitrogens with two attached hydrogens (primary N) is 2. The van der Waals surface area contributed by atoms with Crippen LogP contribution in [0.5, 0.6) is 0 Å². The van der Waals surface area contributed by atoms with Crippen LogP contribution in [0.25, 0.3) is 0 Å². The van der Waals surface area contributed by atoms with Gasteiger partial charge in [-0.15, -0.1) is 0 Å². The number of amides is 2. The summed E-state index contributed by atoms with van der Waals surface area (Å²) >= 11 is 0. The van der Waals surface area contributed by atoms with Crippen LogP contribution >= 0.6 is 0 Å². The number of benzene rings is 2. The lowest BCUT2D eigenvalue weighted by molar-refractivity contribution is -0.122. The molecule has 2 rings (SSSR count). The van der Waals surface area contributed by atoms with Crippen LogP contribution in [-0.4, -0.2) is 24.3 Å². The monoisotopic (exact) mass is 371 g/mol. The normalized spacial score (nSPS) is 12.6. The molecule has 2 amide bonds. The molecule has 2 atom stereocenters. The third kappa shape index (κ3) is 5.28. The Balaban J connectivity index is 2.11. The van der Waals surface area contributed by atoms with E-state index in [2.05, 4.69) is 17.2 Å². The van der Waals surface area contributed by atoms with Crippen molar-refractivity contribution in [3.05, 3.63) is 65.2 Å². The standard InChI is InChI=1S/C20H19F2N3O2/c1-12(18(21)22)17(19(24)26)25-20(27)15-10-7-13(8-11-15)6-9-14-4-2-3-5-16(14)23/h2-5,7-8,10-12,17-18H,23H2,1H3,(H2,24,26)(H,25,27). The number of carbonyl (C=O) groups excluding carboxylic acids is 2. The van der Waals surface area contributed by atoms with Crippen molar-refractivity contribution in [3.63, 3.8) is 0 Å². The molecule has 140 valence electrons. The predicted molar refractivity (Wildman–Crippen MR) is 98.9 cm³/mol. The number of halogens is 2. The van der Waals surface area contributed by atoms with Gasteiger partial charge in [0.05, 0.1) is 0 Å². The van der Waals surface area contributed by atoms with E-state index in [-0.39, 0.29) is 5.56 Å². The van der Waals surface area contributed by atoms with E-state index in [1.165, 1.54) is 12.1 Å². The quantitative estimate of drug-likeness (QED) is 0.555. The van der Waals surface area contributed by atoms with Gasteiger partial charge in [0.1, 0.15) is 6.04 Å². The first kappa shape index (κ1) is 19.9. The molecular formula is C20H19F2N3O2. The molecule has 0 aliphatic rings. The van der Waals surface area contributed by atoms with E-state index in [9.17, 15) is 18.4 Å². The van der Waals surface area contributed by atoms with E-state index in [0.29, 0.717) is 16.8 Å². The Labute approximate surface area is 155 Å². The molecule has 0 bridgehead atoms. The number of rotatable bonds is 5. The van der Waals surface area contributed by atoms with Crippen LogP contribution < -0.4 is 16.8 Å². The SMILES string of the molecule is CC(C(F)F)C(NC(=O)c1ccc(C#Cc2ccccc2N)cc1)C(N)=O. The van der Waals surface area contributed by atoms with Crippen molar-refractivity contribution < 1.29 is 18.4 Å². The van der Waals surface area contributed by atoms with Gasteiger partial charge in [-0.2, -0.15) is 0 Å². The smallest absolute Gasteiger partial charge is 0.251 e. The highest BCUT2D eigenvalue weighted by atomic mass is 19.3. The number of nitrogens with one attached hydrogen (secondary N) is 1. The summed E-state index contributed by atoms with van der Waals surface area (Å²) in [6.45, 7) is 1.15. The molecule has 0 aliphatic heterocycles. The van der Waals surface area contributed by atoms with Crippen molar-refractivity contribution in [1.82, 2.24) is 5.32 Å². The summed E-state index contributed by atoms with van der Waals surface area (Å²) in [4.78, 5) is 23.6. The molecular weight excluding hydrogens is 352 g/mol. The Kier molecular flexibility index (Phi) is 6.50. The molecule has 0 aromatic heterocycles. The van der Waals surface area contributed by atoms with E-state index in [0.717, 1.165) is 6.92 Å². The Morgan fingerprint density at radius 2 is 1.67 bits per heavy atom. The third-order valence-electron chi connectivity index (χ3n) is 3.97. The van der Waals surface area contributed by atoms with Crippen molar-refractivity contribution >= 4 is 17.5 Å². The van der Waals surface area contributed by atoms with Crippen molar-refractivity contribution in [1.29, 1.82) is 0 Å². The van der Waals surface area contributed by atoms with Crippen LogP contribution in [0.2, 0.25) is 0 Å². The second-order valence-corrected chi connectivity index (χ2v) is 5.96. The van der Waals surface area contributed by atoms with Crippen molar-refractivity contribution in [2.24, 2.45) is 11.7 Å². The van der Waals surface area contributed by atoms with E-state index in [1.807, 2.05) is 12.1 Å². The fourth-order valence-electron chi connectivity index (χ4n) is 2.29. The second kappa shape index (κ2) is 8.81. The number of anilines is 1. The summed E-state index contributed by atoms with van der Waals surface area (Å²) < 4.78 is 25.6. The molecule has 0 heterocycles. The van der Waals surface area contributed by atoms with Gasteiger partial charge >= 0.3 is 0 Å². The maximum absolute atomic E-state index is 12.8. The first-order valence-electron chi connectivity index (χ1n) is 8.14. The molecule has 0 spiro atoms. The molecule has 2 aromatic rings. The number of nitrogen functional groups attached to an aromatic ring is 1. The minimum atomic E-state index is -2.79. The Morgan fingerprint density at radius 1 is 1.04 bits per heavy atom. The van der Waals surface area contributed by atoms with E-state index in [4.69, 9.17) is 11.5 Å². The number of hydrogen-bond acceptors (Lipinski definition) is 3. The molecule has 27 heavy (non-hydrogen) atoms. The Bertz CT molecular complexity index is 886. The van der Waals surface area contributed by atoms with Crippen LogP contribution in [0.3, 0.4) is 0 Å². The maximum Gasteiger partial charge on any atom is 0.251 e. The van der Waals surface area contributed by atoms with Crippen LogP contribution in [0.15, 0.2) is 48.5 Å². The summed E-state index contributed by atoms with van der Waals surface area (Å²) in [5, 5.41) is 2.25. The van der Waals surface area contributed by atoms with Crippen molar-refractivity contribution in [2.75, 3.05) is 5.73 Å². The van der Waals surface area contributed by atoms with Gasteiger partial charge in [0.15, 0.2) is 0 Å². The molecule has 5 N–H and O–H groups in total. The van der Waals surface area contributed by atoms with Crippen molar-refractivity contribution in [3.8, 4) is 11.8 Å². The Morgan fingerprint density at radius 3 is 2.22 bits per heavy atom. The molecule has 7 heteroatoms. The highest BCUT2D eigenvalue weighted by Crippen LogP contribution is 2.14. The lowest BCUT2D eigenvalue weighted by Crippen LogP contribution is -2.50. The topological polar surface area (TPSA) is 98.2 Å². The van der Waals surface area contributed by atoms with Crippen LogP contribution in [0, 0.1) is 17.8 Å². The van der Waals surface area contributed by atoms with Gasteiger partial charge in [-0.3, -0.25) is 9.59 Å². The third-order valence-corrected chi connectivity index (χ3v) is 3.97. The summed E-state index contributed by atoms with van der Waals surface area (Å²) in [5.74, 6) is 2.78. The highest BCUT2D eigenvalue weighted by molar-refractivity contribution is 5.97. The van der Waals surface area contributed by atoms with E-state index in [1.54, 1.807) is 24.3 Å². The minimum absolute atomic E-state index is 0.201. The summed E-state index contributed by atoms with van der Waals surface area (Å²) in [5.41, 5.74) is 13.0. The van der Waals surface area contributed by atoms with Gasteiger partial charge in [0, 0.05) is 28.3 Å². The molecule has 0 saturated carbocycles.